The average Bonchev–Trinajstić information content (AvgIpc) is 3.81. The Balaban J connectivity index is 1.15. The number of amides is 2. The van der Waals surface area contributed by atoms with Crippen LogP contribution in [0.15, 0.2) is 85.2 Å². The minimum Gasteiger partial charge on any atom is -0.465 e. The third-order valence-electron chi connectivity index (χ3n) is 10.9. The van der Waals surface area contributed by atoms with Crippen LogP contribution in [0.25, 0.3) is 33.4 Å². The molecule has 0 unspecified atom stereocenters. The Hall–Kier alpha value is -5.49. The van der Waals surface area contributed by atoms with Crippen LogP contribution in [-0.2, 0) is 9.47 Å². The maximum atomic E-state index is 14.9. The number of piperidine rings is 1. The van der Waals surface area contributed by atoms with E-state index in [1.54, 1.807) is 36.7 Å². The summed E-state index contributed by atoms with van der Waals surface area (Å²) in [4.78, 5) is 52.5. The molecule has 0 spiro atoms. The largest absolute Gasteiger partial charge is 0.465 e. The number of ether oxygens (including phenoxy) is 2. The first kappa shape index (κ1) is 36.2. The number of nitrogens with one attached hydrogen (secondary N) is 2. The first-order chi connectivity index (χ1) is 27.2. The van der Waals surface area contributed by atoms with Gasteiger partial charge in [-0.1, -0.05) is 71.2 Å². The first-order valence-corrected chi connectivity index (χ1v) is 19.5. The minimum atomic E-state index is -0.530. The van der Waals surface area contributed by atoms with E-state index >= 15 is 0 Å². The molecule has 2 saturated heterocycles. The lowest BCUT2D eigenvalue weighted by atomic mass is 9.87. The number of esters is 1. The standard InChI is InChI=1S/C42H35Cl3N6O5/c1-55-41(53)24-8-11-33(49-15-12-27(13-16-49)50-14-5-17-56-42(50)54)31(18-24)48-40(52)37-35-34-29(19-26(44)21-32(34)47-37)38(28-10-9-25(43)20-30(28)45)51-22-46-36(39(35)51)23-6-3-2-4-7-23/h2-4,6-11,18-22,27,38,47H,5,12-17H2,1H3,(H,48,52)/t38-/m1/s1. The summed E-state index contributed by atoms with van der Waals surface area (Å²) < 4.78 is 12.4. The Morgan fingerprint density at radius 1 is 0.929 bits per heavy atom. The van der Waals surface area contributed by atoms with Crippen LogP contribution in [0.1, 0.15) is 57.3 Å². The smallest absolute Gasteiger partial charge is 0.410 e. The number of carbonyl (C=O) groups excluding carboxylic acids is 3. The number of aromatic nitrogens is 3. The van der Waals surface area contributed by atoms with Crippen molar-refractivity contribution in [3.8, 4) is 22.5 Å². The van der Waals surface area contributed by atoms with Gasteiger partial charge in [0.25, 0.3) is 5.91 Å². The summed E-state index contributed by atoms with van der Waals surface area (Å²) in [6.07, 6.45) is 3.76. The van der Waals surface area contributed by atoms with Crippen LogP contribution in [-0.4, -0.2) is 76.8 Å². The van der Waals surface area contributed by atoms with E-state index in [0.29, 0.717) is 69.5 Å². The summed E-state index contributed by atoms with van der Waals surface area (Å²) in [5.74, 6) is -0.958. The molecule has 56 heavy (non-hydrogen) atoms. The lowest BCUT2D eigenvalue weighted by Gasteiger charge is -2.40. The number of rotatable bonds is 7. The number of benzene rings is 4. The Morgan fingerprint density at radius 2 is 1.73 bits per heavy atom. The predicted octanol–water partition coefficient (Wildman–Crippen LogP) is 9.46. The summed E-state index contributed by atoms with van der Waals surface area (Å²) >= 11 is 20.0. The fourth-order valence-corrected chi connectivity index (χ4v) is 9.15. The van der Waals surface area contributed by atoms with Crippen molar-refractivity contribution in [3.05, 3.63) is 123 Å². The third kappa shape index (κ3) is 6.24. The van der Waals surface area contributed by atoms with Crippen molar-refractivity contribution >= 4 is 75.1 Å². The molecule has 3 aliphatic rings. The van der Waals surface area contributed by atoms with Gasteiger partial charge >= 0.3 is 12.1 Å². The fraction of sp³-hybridized carbons (Fsp3) is 0.238. The molecule has 4 aromatic carbocycles. The molecule has 9 rings (SSSR count). The van der Waals surface area contributed by atoms with Crippen LogP contribution in [0.2, 0.25) is 15.1 Å². The highest BCUT2D eigenvalue weighted by atomic mass is 35.5. The Morgan fingerprint density at radius 3 is 2.48 bits per heavy atom. The molecule has 284 valence electrons. The monoisotopic (exact) mass is 808 g/mol. The number of imidazole rings is 1. The van der Waals surface area contributed by atoms with Crippen LogP contribution in [0.5, 0.6) is 0 Å². The number of nitrogens with zero attached hydrogens (tertiary/aromatic N) is 4. The van der Waals surface area contributed by atoms with Crippen LogP contribution in [0, 0.1) is 0 Å². The molecular weight excluding hydrogens is 775 g/mol. The molecule has 0 bridgehead atoms. The summed E-state index contributed by atoms with van der Waals surface area (Å²) in [5, 5.41) is 5.43. The SMILES string of the molecule is COC(=O)c1ccc(N2CCC(N3CCCOC3=O)CC2)c(NC(=O)c2[nH]c3cc(Cl)cc4c3c2-c2c(-c3ccccc3)ncn2[C@@H]4c2ccc(Cl)cc2Cl)c1. The van der Waals surface area contributed by atoms with E-state index in [-0.39, 0.29) is 17.7 Å². The van der Waals surface area contributed by atoms with Gasteiger partial charge in [-0.2, -0.15) is 0 Å². The average molecular weight is 810 g/mol. The molecule has 2 N–H and O–H groups in total. The van der Waals surface area contributed by atoms with Crippen molar-refractivity contribution in [1.29, 1.82) is 0 Å². The van der Waals surface area contributed by atoms with E-state index in [0.717, 1.165) is 52.7 Å². The predicted molar refractivity (Wildman–Crippen MR) is 217 cm³/mol. The van der Waals surface area contributed by atoms with Crippen molar-refractivity contribution in [3.63, 3.8) is 0 Å². The Kier molecular flexibility index (Phi) is 9.39. The van der Waals surface area contributed by atoms with Crippen molar-refractivity contribution in [2.75, 3.05) is 43.6 Å². The number of aromatic amines is 1. The molecule has 2 aromatic heterocycles. The Bertz CT molecular complexity index is 2550. The molecule has 3 aliphatic heterocycles. The molecule has 14 heteroatoms. The number of hydrogen-bond donors (Lipinski definition) is 2. The van der Waals surface area contributed by atoms with E-state index < -0.39 is 17.9 Å². The number of fused-ring (bicyclic) bond motifs is 2. The first-order valence-electron chi connectivity index (χ1n) is 18.3. The lowest BCUT2D eigenvalue weighted by molar-refractivity contribution is 0.0499. The van der Waals surface area contributed by atoms with Crippen LogP contribution < -0.4 is 10.2 Å². The van der Waals surface area contributed by atoms with E-state index in [1.807, 2.05) is 58.0 Å². The maximum absolute atomic E-state index is 14.9. The summed E-state index contributed by atoms with van der Waals surface area (Å²) in [7, 11) is 1.32. The normalized spacial score (nSPS) is 16.8. The highest BCUT2D eigenvalue weighted by molar-refractivity contribution is 6.35. The van der Waals surface area contributed by atoms with Crippen molar-refractivity contribution in [1.82, 2.24) is 19.4 Å². The van der Waals surface area contributed by atoms with Crippen LogP contribution in [0.3, 0.4) is 0 Å². The maximum Gasteiger partial charge on any atom is 0.410 e. The number of anilines is 2. The molecule has 5 heterocycles. The molecule has 0 radical (unpaired) electrons. The number of methoxy groups -OCH3 is 1. The van der Waals surface area contributed by atoms with Crippen LogP contribution in [0.4, 0.5) is 16.2 Å². The van der Waals surface area contributed by atoms with Gasteiger partial charge in [-0.3, -0.25) is 4.79 Å². The van der Waals surface area contributed by atoms with Gasteiger partial charge in [0.1, 0.15) is 5.69 Å². The second kappa shape index (κ2) is 14.5. The van der Waals surface area contributed by atoms with Gasteiger partial charge in [0.15, 0.2) is 0 Å². The summed E-state index contributed by atoms with van der Waals surface area (Å²) in [5.41, 5.74) is 6.98. The second-order valence-corrected chi connectivity index (χ2v) is 15.4. The molecule has 11 nitrogen and oxygen atoms in total. The van der Waals surface area contributed by atoms with Crippen LogP contribution >= 0.6 is 34.8 Å². The third-order valence-corrected chi connectivity index (χ3v) is 11.7. The van der Waals surface area contributed by atoms with Gasteiger partial charge in [-0.05, 0) is 72.9 Å². The van der Waals surface area contributed by atoms with Crippen molar-refractivity contribution in [2.45, 2.75) is 31.3 Å². The number of hydrogen-bond acceptors (Lipinski definition) is 7. The van der Waals surface area contributed by atoms with Gasteiger partial charge in [0.05, 0.1) is 54.4 Å². The highest BCUT2D eigenvalue weighted by Crippen LogP contribution is 2.51. The summed E-state index contributed by atoms with van der Waals surface area (Å²) in [6, 6.07) is 23.7. The highest BCUT2D eigenvalue weighted by Gasteiger charge is 2.37. The second-order valence-electron chi connectivity index (χ2n) is 14.1. The zero-order chi connectivity index (χ0) is 38.7. The number of halogens is 3. The molecule has 0 saturated carbocycles. The van der Waals surface area contributed by atoms with E-state index in [1.165, 1.54) is 7.11 Å². The van der Waals surface area contributed by atoms with Gasteiger partial charge in [0, 0.05) is 62.8 Å². The number of carbonyl (C=O) groups is 3. The molecule has 2 fully saturated rings. The molecule has 6 aromatic rings. The molecule has 0 aliphatic carbocycles. The molecule has 1 atom stereocenters. The van der Waals surface area contributed by atoms with Crippen molar-refractivity contribution < 1.29 is 23.9 Å². The number of cyclic esters (lactones) is 1. The zero-order valence-corrected chi connectivity index (χ0v) is 32.4. The minimum absolute atomic E-state index is 0.0575. The quantitative estimate of drug-likeness (QED) is 0.154. The Labute approximate surface area is 337 Å². The fourth-order valence-electron chi connectivity index (χ4n) is 8.41. The summed E-state index contributed by atoms with van der Waals surface area (Å²) in [6.45, 7) is 2.38. The number of H-pyrrole nitrogens is 1. The molecule has 2 amide bonds. The van der Waals surface area contributed by atoms with Crippen molar-refractivity contribution in [2.24, 2.45) is 0 Å². The van der Waals surface area contributed by atoms with Gasteiger partial charge in [0.2, 0.25) is 0 Å². The topological polar surface area (TPSA) is 122 Å². The zero-order valence-electron chi connectivity index (χ0n) is 30.2. The van der Waals surface area contributed by atoms with Gasteiger partial charge in [-0.25, -0.2) is 14.6 Å². The van der Waals surface area contributed by atoms with Gasteiger partial charge < -0.3 is 34.1 Å². The lowest BCUT2D eigenvalue weighted by Crippen LogP contribution is -2.50. The molecular formula is C42H35Cl3N6O5. The van der Waals surface area contributed by atoms with E-state index in [2.05, 4.69) is 15.2 Å². The van der Waals surface area contributed by atoms with E-state index in [9.17, 15) is 14.4 Å². The van der Waals surface area contributed by atoms with Gasteiger partial charge in [-0.15, -0.1) is 0 Å². The van der Waals surface area contributed by atoms with E-state index in [4.69, 9.17) is 49.3 Å².